The zero-order valence-electron chi connectivity index (χ0n) is 12.2. The Morgan fingerprint density at radius 1 is 1.00 bits per heavy atom. The molecule has 2 rings (SSSR count). The fraction of sp³-hybridized carbons (Fsp3) is 0.571. The van der Waals surface area contributed by atoms with Gasteiger partial charge >= 0.3 is 0 Å². The molecular formula is C14H25N3. The summed E-state index contributed by atoms with van der Waals surface area (Å²) in [5.74, 6) is 0. The number of fused-ring (bicyclic) bond motifs is 1. The average Bonchev–Trinajstić information content (AvgIpc) is 2.77. The first-order valence-electron chi connectivity index (χ1n) is 6.37. The van der Waals surface area contributed by atoms with Gasteiger partial charge in [-0.05, 0) is 32.9 Å². The summed E-state index contributed by atoms with van der Waals surface area (Å²) in [6.07, 6.45) is 3.64. The summed E-state index contributed by atoms with van der Waals surface area (Å²) in [4.78, 5) is 8.59. The molecule has 0 atom stereocenters. The molecule has 0 radical (unpaired) electrons. The highest BCUT2D eigenvalue weighted by molar-refractivity contribution is 5.70. The number of nitrogens with zero attached hydrogens (tertiary/aromatic N) is 3. The van der Waals surface area contributed by atoms with Crippen molar-refractivity contribution in [2.24, 2.45) is 0 Å². The van der Waals surface area contributed by atoms with Gasteiger partial charge in [0.05, 0.1) is 6.33 Å². The van der Waals surface area contributed by atoms with Crippen molar-refractivity contribution < 1.29 is 0 Å². The maximum Gasteiger partial charge on any atom is 0.160 e. The average molecular weight is 235 g/mol. The third-order valence-corrected chi connectivity index (χ3v) is 2.03. The molecule has 0 spiro atoms. The van der Waals surface area contributed by atoms with Gasteiger partial charge in [-0.15, -0.1) is 0 Å². The SMILES string of the molecule is CC.CC.CC(C)(C)n1cnc2cccnc21. The fourth-order valence-corrected chi connectivity index (χ4v) is 1.34. The van der Waals surface area contributed by atoms with E-state index in [0.717, 1.165) is 11.2 Å². The monoisotopic (exact) mass is 235 g/mol. The van der Waals surface area contributed by atoms with Crippen molar-refractivity contribution >= 4 is 11.2 Å². The summed E-state index contributed by atoms with van der Waals surface area (Å²) >= 11 is 0. The third-order valence-electron chi connectivity index (χ3n) is 2.03. The molecule has 0 aliphatic rings. The fourth-order valence-electron chi connectivity index (χ4n) is 1.34. The smallest absolute Gasteiger partial charge is 0.160 e. The predicted octanol–water partition coefficient (Wildman–Crippen LogP) is 4.24. The first kappa shape index (κ1) is 15.6. The van der Waals surface area contributed by atoms with Crippen LogP contribution in [0.3, 0.4) is 0 Å². The molecule has 3 heteroatoms. The Morgan fingerprint density at radius 3 is 2.12 bits per heavy atom. The summed E-state index contributed by atoms with van der Waals surface area (Å²) in [7, 11) is 0. The van der Waals surface area contributed by atoms with Crippen LogP contribution in [0, 0.1) is 0 Å². The molecule has 0 amide bonds. The highest BCUT2D eigenvalue weighted by atomic mass is 15.1. The van der Waals surface area contributed by atoms with Crippen molar-refractivity contribution in [2.75, 3.05) is 0 Å². The van der Waals surface area contributed by atoms with E-state index in [1.54, 1.807) is 6.20 Å². The van der Waals surface area contributed by atoms with Gasteiger partial charge in [-0.25, -0.2) is 9.97 Å². The van der Waals surface area contributed by atoms with Gasteiger partial charge in [0.15, 0.2) is 5.65 Å². The van der Waals surface area contributed by atoms with Crippen LogP contribution in [0.25, 0.3) is 11.2 Å². The van der Waals surface area contributed by atoms with E-state index in [1.165, 1.54) is 0 Å². The number of hydrogen-bond donors (Lipinski definition) is 0. The molecule has 0 fully saturated rings. The molecule has 2 aromatic rings. The largest absolute Gasteiger partial charge is 0.310 e. The van der Waals surface area contributed by atoms with Crippen molar-refractivity contribution in [3.8, 4) is 0 Å². The van der Waals surface area contributed by atoms with Gasteiger partial charge in [0.25, 0.3) is 0 Å². The molecule has 0 bridgehead atoms. The quantitative estimate of drug-likeness (QED) is 0.684. The maximum atomic E-state index is 4.31. The standard InChI is InChI=1S/C10H13N3.2C2H6/c1-10(2,3)13-7-12-8-5-4-6-11-9(8)13;2*1-2/h4-7H,1-3H3;2*1-2H3. The molecule has 0 unspecified atom stereocenters. The third kappa shape index (κ3) is 3.84. The van der Waals surface area contributed by atoms with Crippen LogP contribution in [0.4, 0.5) is 0 Å². The number of rotatable bonds is 0. The zero-order chi connectivity index (χ0) is 13.5. The number of hydrogen-bond acceptors (Lipinski definition) is 2. The van der Waals surface area contributed by atoms with Gasteiger partial charge in [-0.2, -0.15) is 0 Å². The van der Waals surface area contributed by atoms with Gasteiger partial charge < -0.3 is 4.57 Å². The van der Waals surface area contributed by atoms with Crippen molar-refractivity contribution in [3.05, 3.63) is 24.7 Å². The lowest BCUT2D eigenvalue weighted by atomic mass is 10.1. The van der Waals surface area contributed by atoms with Crippen molar-refractivity contribution in [3.63, 3.8) is 0 Å². The molecule has 2 heterocycles. The molecular weight excluding hydrogens is 210 g/mol. The second-order valence-corrected chi connectivity index (χ2v) is 4.13. The van der Waals surface area contributed by atoms with Crippen molar-refractivity contribution in [2.45, 2.75) is 54.0 Å². The maximum absolute atomic E-state index is 4.31. The molecule has 3 nitrogen and oxygen atoms in total. The normalized spacial score (nSPS) is 10.1. The van der Waals surface area contributed by atoms with Gasteiger partial charge in [0.1, 0.15) is 5.52 Å². The minimum absolute atomic E-state index is 0.0447. The van der Waals surface area contributed by atoms with E-state index >= 15 is 0 Å². The molecule has 96 valence electrons. The molecule has 0 saturated heterocycles. The van der Waals surface area contributed by atoms with Gasteiger partial charge in [0, 0.05) is 11.7 Å². The second-order valence-electron chi connectivity index (χ2n) is 4.13. The number of pyridine rings is 1. The Bertz CT molecular complexity index is 424. The second kappa shape index (κ2) is 7.05. The van der Waals surface area contributed by atoms with Crippen LogP contribution in [0.1, 0.15) is 48.5 Å². The Hall–Kier alpha value is -1.38. The van der Waals surface area contributed by atoms with E-state index < -0.39 is 0 Å². The summed E-state index contributed by atoms with van der Waals surface area (Å²) in [6.45, 7) is 14.4. The molecule has 0 saturated carbocycles. The van der Waals surface area contributed by atoms with E-state index in [-0.39, 0.29) is 5.54 Å². The van der Waals surface area contributed by atoms with Crippen molar-refractivity contribution in [1.29, 1.82) is 0 Å². The molecule has 0 aliphatic carbocycles. The topological polar surface area (TPSA) is 30.7 Å². The Balaban J connectivity index is 0.000000581. The molecule has 0 aliphatic heterocycles. The molecule has 2 aromatic heterocycles. The Morgan fingerprint density at radius 2 is 1.59 bits per heavy atom. The Labute approximate surface area is 105 Å². The predicted molar refractivity (Wildman–Crippen MR) is 75.2 cm³/mol. The highest BCUT2D eigenvalue weighted by Crippen LogP contribution is 2.19. The first-order valence-corrected chi connectivity index (χ1v) is 6.37. The van der Waals surface area contributed by atoms with Gasteiger partial charge in [0.2, 0.25) is 0 Å². The number of imidazole rings is 1. The van der Waals surface area contributed by atoms with Crippen LogP contribution >= 0.6 is 0 Å². The summed E-state index contributed by atoms with van der Waals surface area (Å²) in [5, 5.41) is 0. The lowest BCUT2D eigenvalue weighted by Crippen LogP contribution is -2.20. The molecule has 0 N–H and O–H groups in total. The van der Waals surface area contributed by atoms with Crippen LogP contribution in [0.5, 0.6) is 0 Å². The van der Waals surface area contributed by atoms with E-state index in [0.29, 0.717) is 0 Å². The van der Waals surface area contributed by atoms with Crippen LogP contribution in [-0.2, 0) is 5.54 Å². The summed E-state index contributed by atoms with van der Waals surface area (Å²) < 4.78 is 2.09. The number of aromatic nitrogens is 3. The summed E-state index contributed by atoms with van der Waals surface area (Å²) in [5.41, 5.74) is 1.95. The zero-order valence-corrected chi connectivity index (χ0v) is 12.2. The summed E-state index contributed by atoms with van der Waals surface area (Å²) in [6, 6.07) is 3.88. The lowest BCUT2D eigenvalue weighted by molar-refractivity contribution is 0.406. The van der Waals surface area contributed by atoms with Gasteiger partial charge in [-0.1, -0.05) is 27.7 Å². The van der Waals surface area contributed by atoms with Crippen LogP contribution < -0.4 is 0 Å². The van der Waals surface area contributed by atoms with E-state index in [1.807, 2.05) is 46.2 Å². The molecule has 0 aromatic carbocycles. The van der Waals surface area contributed by atoms with E-state index in [2.05, 4.69) is 35.3 Å². The molecule has 17 heavy (non-hydrogen) atoms. The van der Waals surface area contributed by atoms with Crippen LogP contribution in [0.2, 0.25) is 0 Å². The minimum Gasteiger partial charge on any atom is -0.310 e. The minimum atomic E-state index is 0.0447. The van der Waals surface area contributed by atoms with Crippen LogP contribution in [-0.4, -0.2) is 14.5 Å². The Kier molecular flexibility index (Phi) is 6.47. The first-order chi connectivity index (χ1) is 8.09. The highest BCUT2D eigenvalue weighted by Gasteiger charge is 2.15. The van der Waals surface area contributed by atoms with E-state index in [4.69, 9.17) is 0 Å². The van der Waals surface area contributed by atoms with Gasteiger partial charge in [-0.3, -0.25) is 0 Å². The van der Waals surface area contributed by atoms with Crippen LogP contribution in [0.15, 0.2) is 24.7 Å². The van der Waals surface area contributed by atoms with E-state index in [9.17, 15) is 0 Å². The van der Waals surface area contributed by atoms with Crippen molar-refractivity contribution in [1.82, 2.24) is 14.5 Å². The lowest BCUT2D eigenvalue weighted by Gasteiger charge is -2.20.